The number of nitrogens with zero attached hydrogens (tertiary/aromatic N) is 1. The SMILES string of the molecule is COc1ccc(C(=O)N(CC(C)C)C2CCCC2)c(N)c1. The van der Waals surface area contributed by atoms with Crippen LogP contribution >= 0.6 is 0 Å². The van der Waals surface area contributed by atoms with Gasteiger partial charge in [-0.1, -0.05) is 26.7 Å². The number of ether oxygens (including phenoxy) is 1. The van der Waals surface area contributed by atoms with Crippen molar-refractivity contribution in [2.24, 2.45) is 5.92 Å². The first kappa shape index (κ1) is 15.7. The van der Waals surface area contributed by atoms with Gasteiger partial charge in [0, 0.05) is 24.3 Å². The van der Waals surface area contributed by atoms with Crippen molar-refractivity contribution in [2.45, 2.75) is 45.6 Å². The first-order valence-electron chi connectivity index (χ1n) is 7.77. The summed E-state index contributed by atoms with van der Waals surface area (Å²) >= 11 is 0. The van der Waals surface area contributed by atoms with Crippen LogP contribution in [-0.4, -0.2) is 30.5 Å². The zero-order valence-electron chi connectivity index (χ0n) is 13.3. The van der Waals surface area contributed by atoms with Gasteiger partial charge in [-0.15, -0.1) is 0 Å². The molecule has 1 aromatic carbocycles. The van der Waals surface area contributed by atoms with Crippen LogP contribution in [0.25, 0.3) is 0 Å². The number of nitrogens with two attached hydrogens (primary N) is 1. The van der Waals surface area contributed by atoms with Crippen molar-refractivity contribution < 1.29 is 9.53 Å². The fourth-order valence-electron chi connectivity index (χ4n) is 3.02. The van der Waals surface area contributed by atoms with E-state index in [4.69, 9.17) is 10.5 Å². The molecule has 0 heterocycles. The summed E-state index contributed by atoms with van der Waals surface area (Å²) in [5.41, 5.74) is 7.12. The molecular weight excluding hydrogens is 264 g/mol. The van der Waals surface area contributed by atoms with Gasteiger partial charge in [-0.25, -0.2) is 0 Å². The largest absolute Gasteiger partial charge is 0.497 e. The van der Waals surface area contributed by atoms with Crippen LogP contribution < -0.4 is 10.5 Å². The minimum atomic E-state index is 0.0516. The molecule has 2 N–H and O–H groups in total. The Morgan fingerprint density at radius 3 is 2.57 bits per heavy atom. The lowest BCUT2D eigenvalue weighted by Gasteiger charge is -2.31. The van der Waals surface area contributed by atoms with Gasteiger partial charge < -0.3 is 15.4 Å². The van der Waals surface area contributed by atoms with E-state index in [9.17, 15) is 4.79 Å². The maximum absolute atomic E-state index is 12.9. The maximum Gasteiger partial charge on any atom is 0.256 e. The fourth-order valence-corrected chi connectivity index (χ4v) is 3.02. The number of hydrogen-bond donors (Lipinski definition) is 1. The predicted molar refractivity (Wildman–Crippen MR) is 85.5 cm³/mol. The Balaban J connectivity index is 2.24. The zero-order chi connectivity index (χ0) is 15.4. The number of amides is 1. The van der Waals surface area contributed by atoms with E-state index in [0.717, 1.165) is 19.4 Å². The smallest absolute Gasteiger partial charge is 0.256 e. The van der Waals surface area contributed by atoms with Crippen LogP contribution in [0.2, 0.25) is 0 Å². The van der Waals surface area contributed by atoms with Gasteiger partial charge in [-0.3, -0.25) is 4.79 Å². The number of carbonyl (C=O) groups excluding carboxylic acids is 1. The average Bonchev–Trinajstić information content (AvgIpc) is 2.97. The molecule has 1 aliphatic rings. The Bertz CT molecular complexity index is 494. The number of carbonyl (C=O) groups is 1. The molecule has 0 aliphatic heterocycles. The summed E-state index contributed by atoms with van der Waals surface area (Å²) in [4.78, 5) is 14.9. The third kappa shape index (κ3) is 3.69. The lowest BCUT2D eigenvalue weighted by molar-refractivity contribution is 0.0656. The second kappa shape index (κ2) is 6.83. The predicted octanol–water partition coefficient (Wildman–Crippen LogP) is 3.32. The summed E-state index contributed by atoms with van der Waals surface area (Å²) < 4.78 is 5.15. The molecule has 0 unspecified atom stereocenters. The summed E-state index contributed by atoms with van der Waals surface area (Å²) in [6.07, 6.45) is 4.64. The van der Waals surface area contributed by atoms with Crippen molar-refractivity contribution in [1.82, 2.24) is 4.90 Å². The Kier molecular flexibility index (Phi) is 5.10. The molecule has 0 saturated heterocycles. The van der Waals surface area contributed by atoms with E-state index < -0.39 is 0 Å². The van der Waals surface area contributed by atoms with Gasteiger partial charge in [0.1, 0.15) is 5.75 Å². The molecule has 4 heteroatoms. The Morgan fingerprint density at radius 1 is 1.38 bits per heavy atom. The summed E-state index contributed by atoms with van der Waals surface area (Å²) in [7, 11) is 1.60. The molecule has 21 heavy (non-hydrogen) atoms. The van der Waals surface area contributed by atoms with Crippen LogP contribution in [0.3, 0.4) is 0 Å². The Labute approximate surface area is 127 Å². The van der Waals surface area contributed by atoms with Gasteiger partial charge in [0.15, 0.2) is 0 Å². The van der Waals surface area contributed by atoms with Crippen molar-refractivity contribution >= 4 is 11.6 Å². The molecule has 1 saturated carbocycles. The lowest BCUT2D eigenvalue weighted by Crippen LogP contribution is -2.41. The van der Waals surface area contributed by atoms with Crippen molar-refractivity contribution in [3.8, 4) is 5.75 Å². The second-order valence-electron chi connectivity index (χ2n) is 6.24. The highest BCUT2D eigenvalue weighted by atomic mass is 16.5. The first-order valence-corrected chi connectivity index (χ1v) is 7.77. The number of benzene rings is 1. The van der Waals surface area contributed by atoms with Crippen molar-refractivity contribution in [3.63, 3.8) is 0 Å². The van der Waals surface area contributed by atoms with E-state index >= 15 is 0 Å². The van der Waals surface area contributed by atoms with Gasteiger partial charge in [0.05, 0.1) is 12.7 Å². The Morgan fingerprint density at radius 2 is 2.05 bits per heavy atom. The number of rotatable bonds is 5. The number of methoxy groups -OCH3 is 1. The molecule has 4 nitrogen and oxygen atoms in total. The molecule has 1 amide bonds. The second-order valence-corrected chi connectivity index (χ2v) is 6.24. The van der Waals surface area contributed by atoms with Crippen LogP contribution in [0, 0.1) is 5.92 Å². The molecular formula is C17H26N2O2. The van der Waals surface area contributed by atoms with Crippen molar-refractivity contribution in [1.29, 1.82) is 0 Å². The van der Waals surface area contributed by atoms with E-state index in [1.807, 2.05) is 4.90 Å². The minimum absolute atomic E-state index is 0.0516. The van der Waals surface area contributed by atoms with E-state index in [2.05, 4.69) is 13.8 Å². The highest BCUT2D eigenvalue weighted by Gasteiger charge is 2.28. The van der Waals surface area contributed by atoms with E-state index in [-0.39, 0.29) is 5.91 Å². The molecule has 0 aromatic heterocycles. The zero-order valence-corrected chi connectivity index (χ0v) is 13.3. The average molecular weight is 290 g/mol. The van der Waals surface area contributed by atoms with Crippen LogP contribution in [0.1, 0.15) is 49.9 Å². The highest BCUT2D eigenvalue weighted by Crippen LogP contribution is 2.28. The molecule has 1 aliphatic carbocycles. The van der Waals surface area contributed by atoms with Crippen molar-refractivity contribution in [3.05, 3.63) is 23.8 Å². The minimum Gasteiger partial charge on any atom is -0.497 e. The molecule has 116 valence electrons. The van der Waals surface area contributed by atoms with E-state index in [1.165, 1.54) is 12.8 Å². The topological polar surface area (TPSA) is 55.6 Å². The summed E-state index contributed by atoms with van der Waals surface area (Å²) in [6, 6.07) is 5.65. The normalized spacial score (nSPS) is 15.4. The highest BCUT2D eigenvalue weighted by molar-refractivity contribution is 5.99. The first-order chi connectivity index (χ1) is 10.0. The van der Waals surface area contributed by atoms with Crippen LogP contribution in [-0.2, 0) is 0 Å². The van der Waals surface area contributed by atoms with Crippen LogP contribution in [0.5, 0.6) is 5.75 Å². The van der Waals surface area contributed by atoms with E-state index in [1.54, 1.807) is 25.3 Å². The molecule has 0 radical (unpaired) electrons. The summed E-state index contributed by atoms with van der Waals surface area (Å²) in [5.74, 6) is 1.19. The molecule has 0 atom stereocenters. The van der Waals surface area contributed by atoms with Gasteiger partial charge in [-0.2, -0.15) is 0 Å². The van der Waals surface area contributed by atoms with Gasteiger partial charge in [0.25, 0.3) is 5.91 Å². The molecule has 0 spiro atoms. The number of hydrogen-bond acceptors (Lipinski definition) is 3. The van der Waals surface area contributed by atoms with Gasteiger partial charge in [0.2, 0.25) is 0 Å². The maximum atomic E-state index is 12.9. The third-order valence-corrected chi connectivity index (χ3v) is 4.08. The molecule has 0 bridgehead atoms. The molecule has 2 rings (SSSR count). The number of anilines is 1. The summed E-state index contributed by atoms with van der Waals surface area (Å²) in [5, 5.41) is 0. The van der Waals surface area contributed by atoms with Crippen molar-refractivity contribution in [2.75, 3.05) is 19.4 Å². The van der Waals surface area contributed by atoms with Crippen LogP contribution in [0.15, 0.2) is 18.2 Å². The van der Waals surface area contributed by atoms with Gasteiger partial charge >= 0.3 is 0 Å². The van der Waals surface area contributed by atoms with Crippen LogP contribution in [0.4, 0.5) is 5.69 Å². The fraction of sp³-hybridized carbons (Fsp3) is 0.588. The van der Waals surface area contributed by atoms with Gasteiger partial charge in [-0.05, 0) is 30.9 Å². The molecule has 1 aromatic rings. The third-order valence-electron chi connectivity index (χ3n) is 4.08. The lowest BCUT2D eigenvalue weighted by atomic mass is 10.1. The summed E-state index contributed by atoms with van der Waals surface area (Å²) in [6.45, 7) is 5.08. The monoisotopic (exact) mass is 290 g/mol. The standard InChI is InChI=1S/C17H26N2O2/c1-12(2)11-19(13-6-4-5-7-13)17(20)15-9-8-14(21-3)10-16(15)18/h8-10,12-13H,4-7,11,18H2,1-3H3. The van der Waals surface area contributed by atoms with E-state index in [0.29, 0.717) is 29.0 Å². The Hall–Kier alpha value is -1.71. The quantitative estimate of drug-likeness (QED) is 0.846. The molecule has 1 fully saturated rings. The number of nitrogen functional groups attached to an aromatic ring is 1.